The van der Waals surface area contributed by atoms with Crippen LogP contribution in [0, 0.1) is 5.82 Å². The van der Waals surface area contributed by atoms with E-state index in [1.54, 1.807) is 18.3 Å². The van der Waals surface area contributed by atoms with Gasteiger partial charge in [0, 0.05) is 37.9 Å². The fraction of sp³-hybridized carbons (Fsp3) is 0.400. The highest BCUT2D eigenvalue weighted by Crippen LogP contribution is 2.28. The summed E-state index contributed by atoms with van der Waals surface area (Å²) < 4.78 is 13.7. The predicted molar refractivity (Wildman–Crippen MR) is 83.4 cm³/mol. The first-order valence-corrected chi connectivity index (χ1v) is 7.90. The van der Waals surface area contributed by atoms with E-state index in [4.69, 9.17) is 0 Å². The lowest BCUT2D eigenvalue weighted by Crippen LogP contribution is -2.50. The van der Waals surface area contributed by atoms with Gasteiger partial charge in [-0.15, -0.1) is 11.3 Å². The number of hydrogen-bond donors (Lipinski definition) is 1. The second-order valence-corrected chi connectivity index (χ2v) is 6.34. The molecular formula is C15H19FN4S. The Morgan fingerprint density at radius 1 is 1.24 bits per heavy atom. The van der Waals surface area contributed by atoms with Crippen LogP contribution in [-0.4, -0.2) is 48.1 Å². The van der Waals surface area contributed by atoms with E-state index in [-0.39, 0.29) is 5.82 Å². The molecule has 0 bridgehead atoms. The van der Waals surface area contributed by atoms with Crippen LogP contribution in [0.4, 0.5) is 4.39 Å². The van der Waals surface area contributed by atoms with Crippen molar-refractivity contribution >= 4 is 11.3 Å². The molecule has 21 heavy (non-hydrogen) atoms. The average molecular weight is 306 g/mol. The van der Waals surface area contributed by atoms with Crippen molar-refractivity contribution in [2.45, 2.75) is 6.54 Å². The Hall–Kier alpha value is -1.34. The number of nitrogens with zero attached hydrogens (tertiary/aromatic N) is 3. The molecule has 0 radical (unpaired) electrons. The Morgan fingerprint density at radius 3 is 2.76 bits per heavy atom. The van der Waals surface area contributed by atoms with E-state index in [1.807, 2.05) is 6.07 Å². The number of benzene rings is 1. The fourth-order valence-corrected chi connectivity index (χ4v) is 3.20. The van der Waals surface area contributed by atoms with E-state index in [2.05, 4.69) is 27.4 Å². The van der Waals surface area contributed by atoms with Crippen LogP contribution in [-0.2, 0) is 6.54 Å². The molecule has 6 heteroatoms. The van der Waals surface area contributed by atoms with E-state index < -0.39 is 0 Å². The third-order valence-corrected chi connectivity index (χ3v) is 4.68. The van der Waals surface area contributed by atoms with Gasteiger partial charge in [-0.1, -0.05) is 18.2 Å². The summed E-state index contributed by atoms with van der Waals surface area (Å²) in [5, 5.41) is 3.21. The first-order chi connectivity index (χ1) is 10.2. The van der Waals surface area contributed by atoms with E-state index in [0.717, 1.165) is 36.1 Å². The van der Waals surface area contributed by atoms with Crippen LogP contribution in [0.2, 0.25) is 0 Å². The zero-order valence-corrected chi connectivity index (χ0v) is 12.9. The smallest absolute Gasteiger partial charge is 0.131 e. The lowest BCUT2D eigenvalue weighted by Gasteiger charge is -2.32. The van der Waals surface area contributed by atoms with Crippen molar-refractivity contribution in [3.8, 4) is 10.4 Å². The van der Waals surface area contributed by atoms with Crippen LogP contribution in [0.25, 0.3) is 10.4 Å². The van der Waals surface area contributed by atoms with Crippen molar-refractivity contribution in [1.29, 1.82) is 0 Å². The zero-order chi connectivity index (χ0) is 14.7. The van der Waals surface area contributed by atoms with Crippen molar-refractivity contribution in [3.05, 3.63) is 41.3 Å². The van der Waals surface area contributed by atoms with Crippen molar-refractivity contribution in [2.75, 3.05) is 33.2 Å². The second kappa shape index (κ2) is 6.62. The Kier molecular flexibility index (Phi) is 4.60. The summed E-state index contributed by atoms with van der Waals surface area (Å²) >= 11 is 1.54. The summed E-state index contributed by atoms with van der Waals surface area (Å²) in [6, 6.07) is 6.83. The molecule has 0 aliphatic carbocycles. The summed E-state index contributed by atoms with van der Waals surface area (Å²) in [6.07, 6.45) is 1.75. The summed E-state index contributed by atoms with van der Waals surface area (Å²) in [7, 11) is 2.14. The maximum absolute atomic E-state index is 13.7. The van der Waals surface area contributed by atoms with Crippen LogP contribution in [0.5, 0.6) is 0 Å². The normalized spacial score (nSPS) is 17.2. The molecule has 1 aromatic carbocycles. The van der Waals surface area contributed by atoms with E-state index in [0.29, 0.717) is 12.1 Å². The van der Waals surface area contributed by atoms with Crippen molar-refractivity contribution in [1.82, 2.24) is 20.3 Å². The molecule has 112 valence electrons. The number of aromatic nitrogens is 1. The number of hydrazine groups is 1. The Labute approximate surface area is 128 Å². The highest BCUT2D eigenvalue weighted by Gasteiger charge is 2.14. The molecule has 2 aromatic rings. The summed E-state index contributed by atoms with van der Waals surface area (Å²) in [5.41, 5.74) is 4.02. The molecular weight excluding hydrogens is 287 g/mol. The van der Waals surface area contributed by atoms with Crippen LogP contribution < -0.4 is 5.43 Å². The lowest BCUT2D eigenvalue weighted by atomic mass is 10.2. The number of piperazine rings is 1. The molecule has 1 saturated heterocycles. The topological polar surface area (TPSA) is 31.4 Å². The Morgan fingerprint density at radius 2 is 2.00 bits per heavy atom. The standard InChI is InChI=1S/C15H19FN4S/c1-19-6-8-20(9-7-19)18-11-15-17-10-14(21-15)12-4-2-3-5-13(12)16/h2-5,10,18H,6-9,11H2,1H3. The van der Waals surface area contributed by atoms with Crippen LogP contribution in [0.1, 0.15) is 5.01 Å². The largest absolute Gasteiger partial charge is 0.304 e. The highest BCUT2D eigenvalue weighted by molar-refractivity contribution is 7.15. The first-order valence-electron chi connectivity index (χ1n) is 7.09. The van der Waals surface area contributed by atoms with Gasteiger partial charge in [0.25, 0.3) is 0 Å². The van der Waals surface area contributed by atoms with Gasteiger partial charge in [-0.3, -0.25) is 0 Å². The second-order valence-electron chi connectivity index (χ2n) is 5.22. The summed E-state index contributed by atoms with van der Waals surface area (Å²) in [5.74, 6) is -0.195. The molecule has 3 rings (SSSR count). The minimum absolute atomic E-state index is 0.195. The molecule has 0 spiro atoms. The van der Waals surface area contributed by atoms with Crippen molar-refractivity contribution < 1.29 is 4.39 Å². The first kappa shape index (κ1) is 14.6. The average Bonchev–Trinajstić information content (AvgIpc) is 2.96. The van der Waals surface area contributed by atoms with E-state index in [9.17, 15) is 4.39 Å². The lowest BCUT2D eigenvalue weighted by molar-refractivity contribution is 0.102. The Balaban J connectivity index is 1.59. The third kappa shape index (κ3) is 3.65. The third-order valence-electron chi connectivity index (χ3n) is 3.65. The molecule has 1 aromatic heterocycles. The van der Waals surface area contributed by atoms with Gasteiger partial charge >= 0.3 is 0 Å². The van der Waals surface area contributed by atoms with Crippen LogP contribution >= 0.6 is 11.3 Å². The van der Waals surface area contributed by atoms with Crippen molar-refractivity contribution in [2.24, 2.45) is 0 Å². The number of halogens is 1. The molecule has 1 aliphatic heterocycles. The van der Waals surface area contributed by atoms with Gasteiger partial charge in [0.05, 0.1) is 11.4 Å². The SMILES string of the molecule is CN1CCN(NCc2ncc(-c3ccccc3F)s2)CC1. The van der Waals surface area contributed by atoms with E-state index in [1.165, 1.54) is 17.4 Å². The van der Waals surface area contributed by atoms with Gasteiger partial charge in [-0.05, 0) is 13.1 Å². The maximum atomic E-state index is 13.7. The number of rotatable bonds is 4. The number of thiazole rings is 1. The fourth-order valence-electron chi connectivity index (χ4n) is 2.32. The molecule has 4 nitrogen and oxygen atoms in total. The van der Waals surface area contributed by atoms with Gasteiger partial charge < -0.3 is 4.90 Å². The maximum Gasteiger partial charge on any atom is 0.131 e. The minimum Gasteiger partial charge on any atom is -0.304 e. The van der Waals surface area contributed by atoms with Gasteiger partial charge in [0.1, 0.15) is 10.8 Å². The molecule has 1 aliphatic rings. The monoisotopic (exact) mass is 306 g/mol. The molecule has 0 unspecified atom stereocenters. The molecule has 2 heterocycles. The zero-order valence-electron chi connectivity index (χ0n) is 12.1. The molecule has 1 fully saturated rings. The predicted octanol–water partition coefficient (Wildman–Crippen LogP) is 2.20. The van der Waals surface area contributed by atoms with Crippen LogP contribution in [0.3, 0.4) is 0 Å². The quantitative estimate of drug-likeness (QED) is 0.938. The molecule has 1 N–H and O–H groups in total. The number of nitrogens with one attached hydrogen (secondary N) is 1. The molecule has 0 saturated carbocycles. The Bertz CT molecular complexity index is 593. The van der Waals surface area contributed by atoms with Crippen molar-refractivity contribution in [3.63, 3.8) is 0 Å². The molecule has 0 atom stereocenters. The van der Waals surface area contributed by atoms with Gasteiger partial charge in [0.2, 0.25) is 0 Å². The van der Waals surface area contributed by atoms with Gasteiger partial charge in [0.15, 0.2) is 0 Å². The summed E-state index contributed by atoms with van der Waals surface area (Å²) in [4.78, 5) is 7.58. The van der Waals surface area contributed by atoms with E-state index >= 15 is 0 Å². The number of hydrogen-bond acceptors (Lipinski definition) is 5. The number of likely N-dealkylation sites (N-methyl/N-ethyl adjacent to an activating group) is 1. The minimum atomic E-state index is -0.195. The van der Waals surface area contributed by atoms with Gasteiger partial charge in [-0.25, -0.2) is 19.8 Å². The molecule has 0 amide bonds. The van der Waals surface area contributed by atoms with Gasteiger partial charge in [-0.2, -0.15) is 0 Å². The highest BCUT2D eigenvalue weighted by atomic mass is 32.1. The summed E-state index contributed by atoms with van der Waals surface area (Å²) in [6.45, 7) is 4.88. The van der Waals surface area contributed by atoms with Crippen LogP contribution in [0.15, 0.2) is 30.5 Å².